The summed E-state index contributed by atoms with van der Waals surface area (Å²) in [5.74, 6) is 4.96. The third kappa shape index (κ3) is 12.6. The molecule has 2 unspecified atom stereocenters. The molecule has 4 aliphatic carbocycles. The number of carbonyl (C=O) groups excluding carboxylic acids is 1. The van der Waals surface area contributed by atoms with Crippen LogP contribution in [0.25, 0.3) is 0 Å². The number of carbonyl (C=O) groups is 1. The first-order valence-corrected chi connectivity index (χ1v) is 23.2. The Bertz CT molecular complexity index is 1040. The van der Waals surface area contributed by atoms with Crippen molar-refractivity contribution < 1.29 is 19.4 Å². The van der Waals surface area contributed by atoms with Gasteiger partial charge in [-0.3, -0.25) is 4.79 Å². The second-order valence-corrected chi connectivity index (χ2v) is 19.5. The number of unbranched alkanes of at least 4 members (excludes halogenated alkanes) is 14. The van der Waals surface area contributed by atoms with E-state index in [0.717, 1.165) is 61.2 Å². The molecule has 0 bridgehead atoms. The van der Waals surface area contributed by atoms with Crippen molar-refractivity contribution in [1.82, 2.24) is 0 Å². The lowest BCUT2D eigenvalue weighted by molar-refractivity contribution is -0.157. The smallest absolute Gasteiger partial charge is 0.306 e. The van der Waals surface area contributed by atoms with Crippen molar-refractivity contribution in [2.45, 2.75) is 227 Å². The number of allylic oxidation sites excluding steroid dienone is 1. The van der Waals surface area contributed by atoms with Crippen molar-refractivity contribution >= 4 is 5.97 Å². The van der Waals surface area contributed by atoms with E-state index >= 15 is 0 Å². The minimum atomic E-state index is -0.555. The second-order valence-electron chi connectivity index (χ2n) is 19.5. The van der Waals surface area contributed by atoms with Gasteiger partial charge in [0.15, 0.2) is 0 Å². The average molecular weight is 727 g/mol. The summed E-state index contributed by atoms with van der Waals surface area (Å²) in [7, 11) is 0. The van der Waals surface area contributed by atoms with Gasteiger partial charge in [0, 0.05) is 6.42 Å². The molecule has 0 aromatic rings. The van der Waals surface area contributed by atoms with Crippen LogP contribution in [0, 0.1) is 46.3 Å². The van der Waals surface area contributed by atoms with Crippen LogP contribution in [-0.4, -0.2) is 36.5 Å². The van der Waals surface area contributed by atoms with E-state index in [1.165, 1.54) is 141 Å². The number of fused-ring (bicyclic) bond motifs is 5. The third-order valence-corrected chi connectivity index (χ3v) is 15.3. The average Bonchev–Trinajstić information content (AvgIpc) is 3.48. The highest BCUT2D eigenvalue weighted by atomic mass is 16.6. The molecule has 4 aliphatic rings. The van der Waals surface area contributed by atoms with Crippen LogP contribution in [0.1, 0.15) is 215 Å². The third-order valence-electron chi connectivity index (χ3n) is 15.3. The molecule has 0 amide bonds. The Hall–Kier alpha value is -0.870. The molecular formula is C48H86O4. The monoisotopic (exact) mass is 727 g/mol. The zero-order valence-electron chi connectivity index (χ0n) is 35.4. The topological polar surface area (TPSA) is 55.8 Å². The summed E-state index contributed by atoms with van der Waals surface area (Å²) >= 11 is 0. The molecule has 4 nitrogen and oxygen atoms in total. The minimum Gasteiger partial charge on any atom is -0.457 e. The fourth-order valence-corrected chi connectivity index (χ4v) is 12.0. The highest BCUT2D eigenvalue weighted by Crippen LogP contribution is 2.67. The predicted octanol–water partition coefficient (Wildman–Crippen LogP) is 13.6. The summed E-state index contributed by atoms with van der Waals surface area (Å²) in [5, 5.41) is 10.0. The molecule has 302 valence electrons. The molecule has 0 aliphatic heterocycles. The van der Waals surface area contributed by atoms with Crippen molar-refractivity contribution in [2.24, 2.45) is 46.3 Å². The molecule has 0 spiro atoms. The van der Waals surface area contributed by atoms with Crippen LogP contribution in [-0.2, 0) is 14.3 Å². The normalized spacial score (nSPS) is 31.1. The first kappa shape index (κ1) is 43.9. The lowest BCUT2D eigenvalue weighted by Gasteiger charge is -2.58. The van der Waals surface area contributed by atoms with Crippen LogP contribution >= 0.6 is 0 Å². The van der Waals surface area contributed by atoms with Gasteiger partial charge in [-0.2, -0.15) is 0 Å². The van der Waals surface area contributed by atoms with Gasteiger partial charge in [-0.05, 0) is 104 Å². The number of hydrogen-bond donors (Lipinski definition) is 1. The van der Waals surface area contributed by atoms with Crippen LogP contribution in [0.5, 0.6) is 0 Å². The van der Waals surface area contributed by atoms with E-state index in [4.69, 9.17) is 9.47 Å². The minimum absolute atomic E-state index is 0.163. The van der Waals surface area contributed by atoms with Gasteiger partial charge >= 0.3 is 5.97 Å². The Morgan fingerprint density at radius 1 is 0.788 bits per heavy atom. The van der Waals surface area contributed by atoms with Gasteiger partial charge in [-0.25, -0.2) is 0 Å². The van der Waals surface area contributed by atoms with E-state index in [1.807, 2.05) is 0 Å². The molecule has 0 heterocycles. The molecular weight excluding hydrogens is 641 g/mol. The van der Waals surface area contributed by atoms with Crippen LogP contribution in [0.4, 0.5) is 0 Å². The van der Waals surface area contributed by atoms with Gasteiger partial charge in [0.2, 0.25) is 0 Å². The van der Waals surface area contributed by atoms with Crippen LogP contribution in [0.15, 0.2) is 11.6 Å². The van der Waals surface area contributed by atoms with Gasteiger partial charge in [0.05, 0.1) is 19.3 Å². The molecule has 1 N–H and O–H groups in total. The van der Waals surface area contributed by atoms with Crippen molar-refractivity contribution in [3.63, 3.8) is 0 Å². The van der Waals surface area contributed by atoms with Crippen LogP contribution < -0.4 is 0 Å². The van der Waals surface area contributed by atoms with Gasteiger partial charge in [0.1, 0.15) is 6.10 Å². The lowest BCUT2D eigenvalue weighted by atomic mass is 9.47. The molecule has 4 heteroatoms. The molecule has 0 aromatic heterocycles. The molecule has 52 heavy (non-hydrogen) atoms. The number of aliphatic hydroxyl groups excluding tert-OH is 1. The summed E-state index contributed by atoms with van der Waals surface area (Å²) < 4.78 is 12.1. The SMILES string of the molecule is CCCCCCCCCCCCCCCCCC(=O)OC(CO)COC1CC[C@@]2(C)C(=CC[C@H]3[C@@H]4CC[C@H]([C@H](C)CCCC(C)C)[C@@]4(C)CC[C@@H]32)C1. The van der Waals surface area contributed by atoms with E-state index in [9.17, 15) is 9.90 Å². The molecule has 4 rings (SSSR count). The predicted molar refractivity (Wildman–Crippen MR) is 219 cm³/mol. The molecule has 3 fully saturated rings. The summed E-state index contributed by atoms with van der Waals surface area (Å²) in [4.78, 5) is 12.6. The van der Waals surface area contributed by atoms with Crippen LogP contribution in [0.3, 0.4) is 0 Å². The number of aliphatic hydroxyl groups is 1. The zero-order valence-corrected chi connectivity index (χ0v) is 35.4. The van der Waals surface area contributed by atoms with E-state index in [1.54, 1.807) is 5.57 Å². The van der Waals surface area contributed by atoms with Crippen molar-refractivity contribution in [2.75, 3.05) is 13.2 Å². The zero-order chi connectivity index (χ0) is 37.4. The largest absolute Gasteiger partial charge is 0.457 e. The van der Waals surface area contributed by atoms with Gasteiger partial charge in [0.25, 0.3) is 0 Å². The molecule has 0 saturated heterocycles. The maximum absolute atomic E-state index is 12.6. The van der Waals surface area contributed by atoms with E-state index in [0.29, 0.717) is 23.9 Å². The first-order chi connectivity index (χ1) is 25.1. The molecule has 0 aromatic carbocycles. The summed E-state index contributed by atoms with van der Waals surface area (Å²) in [6, 6.07) is 0. The standard InChI is InChI=1S/C48H86O4/c1-7-8-9-10-11-12-13-14-15-16-17-18-19-20-21-25-46(50)52-41(35-49)36-51-40-30-32-47(5)39(34-40)26-27-42-44-29-28-43(38(4)24-22-23-37(2)3)48(44,6)33-31-45(42)47/h26,37-38,40-45,49H,7-25,27-36H2,1-6H3/t38-,40?,41?,42+,43-,44+,45+,47+,48-/m1/s1. The number of hydrogen-bond acceptors (Lipinski definition) is 4. The quantitative estimate of drug-likeness (QED) is 0.0548. The fourth-order valence-electron chi connectivity index (χ4n) is 12.0. The van der Waals surface area contributed by atoms with Crippen molar-refractivity contribution in [1.29, 1.82) is 0 Å². The number of ether oxygens (including phenoxy) is 2. The first-order valence-electron chi connectivity index (χ1n) is 23.2. The molecule has 3 saturated carbocycles. The molecule has 9 atom stereocenters. The molecule has 0 radical (unpaired) electrons. The van der Waals surface area contributed by atoms with Gasteiger partial charge in [-0.1, -0.05) is 162 Å². The van der Waals surface area contributed by atoms with Gasteiger partial charge < -0.3 is 14.6 Å². The summed E-state index contributed by atoms with van der Waals surface area (Å²) in [6.45, 7) is 15.0. The second kappa shape index (κ2) is 22.6. The van der Waals surface area contributed by atoms with Crippen LogP contribution in [0.2, 0.25) is 0 Å². The lowest BCUT2D eigenvalue weighted by Crippen LogP contribution is -2.51. The Balaban J connectivity index is 1.09. The highest BCUT2D eigenvalue weighted by Gasteiger charge is 2.59. The Morgan fingerprint density at radius 3 is 2.04 bits per heavy atom. The van der Waals surface area contributed by atoms with E-state index in [2.05, 4.69) is 47.6 Å². The Labute approximate surface area is 322 Å². The number of esters is 1. The van der Waals surface area contributed by atoms with Crippen molar-refractivity contribution in [3.05, 3.63) is 11.6 Å². The Kier molecular flexibility index (Phi) is 19.1. The maximum Gasteiger partial charge on any atom is 0.306 e. The Morgan fingerprint density at radius 2 is 1.42 bits per heavy atom. The van der Waals surface area contributed by atoms with Crippen molar-refractivity contribution in [3.8, 4) is 0 Å². The fraction of sp³-hybridized carbons (Fsp3) is 0.938. The van der Waals surface area contributed by atoms with Gasteiger partial charge in [-0.15, -0.1) is 0 Å². The highest BCUT2D eigenvalue weighted by molar-refractivity contribution is 5.69. The van der Waals surface area contributed by atoms with E-state index < -0.39 is 6.10 Å². The summed E-state index contributed by atoms with van der Waals surface area (Å²) in [6.07, 6.45) is 36.9. The number of rotatable bonds is 26. The summed E-state index contributed by atoms with van der Waals surface area (Å²) in [5.41, 5.74) is 2.47. The van der Waals surface area contributed by atoms with E-state index in [-0.39, 0.29) is 18.7 Å². The maximum atomic E-state index is 12.6.